The summed E-state index contributed by atoms with van der Waals surface area (Å²) in [5.74, 6) is 1.68. The molecule has 2 aliphatic heterocycles. The Morgan fingerprint density at radius 3 is 1.41 bits per heavy atom. The second-order valence-corrected chi connectivity index (χ2v) is 9.10. The lowest BCUT2D eigenvalue weighted by Crippen LogP contribution is -2.12. The zero-order valence-corrected chi connectivity index (χ0v) is 21.2. The Hall–Kier alpha value is -2.50. The normalized spacial score (nSPS) is 15.8. The molecule has 0 radical (unpaired) electrons. The Morgan fingerprint density at radius 1 is 0.618 bits per heavy atom. The highest BCUT2D eigenvalue weighted by atomic mass is 16.5. The van der Waals surface area contributed by atoms with Gasteiger partial charge in [0.1, 0.15) is 0 Å². The smallest absolute Gasteiger partial charge is 0.187 e. The summed E-state index contributed by atoms with van der Waals surface area (Å²) in [6.07, 6.45) is 21.9. The van der Waals surface area contributed by atoms with Gasteiger partial charge in [-0.05, 0) is 24.0 Å². The lowest BCUT2D eigenvalue weighted by molar-refractivity contribution is 0.285. The van der Waals surface area contributed by atoms with E-state index in [0.717, 1.165) is 73.2 Å². The van der Waals surface area contributed by atoms with E-state index in [2.05, 4.69) is 46.0 Å². The number of hydrogen-bond acceptors (Lipinski definition) is 6. The fourth-order valence-electron chi connectivity index (χ4n) is 4.06. The molecule has 3 heterocycles. The Bertz CT molecular complexity index is 785. The molecule has 0 aromatic carbocycles. The molecular formula is C28H42N4O2. The van der Waals surface area contributed by atoms with Gasteiger partial charge in [0.2, 0.25) is 0 Å². The Balaban J connectivity index is 1.37. The van der Waals surface area contributed by atoms with Crippen LogP contribution in [0.1, 0.15) is 102 Å². The number of hydrogen-bond donors (Lipinski definition) is 0. The zero-order valence-electron chi connectivity index (χ0n) is 21.2. The Morgan fingerprint density at radius 2 is 1.06 bits per heavy atom. The van der Waals surface area contributed by atoms with Crippen LogP contribution in [0, 0.1) is 0 Å². The number of aliphatic imine (C=N–C) groups is 2. The predicted octanol–water partition coefficient (Wildman–Crippen LogP) is 6.82. The maximum atomic E-state index is 5.84. The molecule has 0 saturated heterocycles. The summed E-state index contributed by atoms with van der Waals surface area (Å²) in [6.45, 7) is 7.21. The maximum Gasteiger partial charge on any atom is 0.187 e. The average molecular weight is 467 g/mol. The van der Waals surface area contributed by atoms with Crippen molar-refractivity contribution in [2.24, 2.45) is 9.98 Å². The summed E-state index contributed by atoms with van der Waals surface area (Å²) in [7, 11) is 0. The third-order valence-electron chi connectivity index (χ3n) is 6.24. The van der Waals surface area contributed by atoms with Crippen LogP contribution in [0.4, 0.5) is 0 Å². The first-order chi connectivity index (χ1) is 16.8. The minimum Gasteiger partial charge on any atom is -0.481 e. The second kappa shape index (κ2) is 15.4. The van der Waals surface area contributed by atoms with Crippen LogP contribution in [0.2, 0.25) is 0 Å². The molecule has 0 spiro atoms. The molecule has 0 amide bonds. The lowest BCUT2D eigenvalue weighted by atomic mass is 10.1. The van der Waals surface area contributed by atoms with E-state index >= 15 is 0 Å². The largest absolute Gasteiger partial charge is 0.481 e. The van der Waals surface area contributed by atoms with Crippen molar-refractivity contribution in [2.45, 2.75) is 90.9 Å². The van der Waals surface area contributed by atoms with Gasteiger partial charge >= 0.3 is 0 Å². The molecule has 0 fully saturated rings. The van der Waals surface area contributed by atoms with Crippen molar-refractivity contribution in [3.63, 3.8) is 0 Å². The summed E-state index contributed by atoms with van der Waals surface area (Å²) < 4.78 is 11.7. The van der Waals surface area contributed by atoms with E-state index in [0.29, 0.717) is 13.1 Å². The highest BCUT2D eigenvalue weighted by Gasteiger charge is 2.14. The minimum atomic E-state index is 0.603. The van der Waals surface area contributed by atoms with Crippen molar-refractivity contribution in [1.29, 1.82) is 0 Å². The van der Waals surface area contributed by atoms with Gasteiger partial charge in [0, 0.05) is 12.8 Å². The number of dihydropyridines is 2. The van der Waals surface area contributed by atoms with Gasteiger partial charge in [0.25, 0.3) is 0 Å². The molecule has 0 N–H and O–H groups in total. The third-order valence-corrected chi connectivity index (χ3v) is 6.24. The van der Waals surface area contributed by atoms with E-state index in [1.54, 1.807) is 0 Å². The fourth-order valence-corrected chi connectivity index (χ4v) is 4.06. The van der Waals surface area contributed by atoms with Gasteiger partial charge in [-0.25, -0.2) is 0 Å². The van der Waals surface area contributed by atoms with E-state index in [4.69, 9.17) is 9.47 Å². The molecule has 186 valence electrons. The molecule has 0 unspecified atom stereocenters. The van der Waals surface area contributed by atoms with Crippen LogP contribution in [-0.4, -0.2) is 48.1 Å². The molecule has 1 aromatic rings. The van der Waals surface area contributed by atoms with Crippen molar-refractivity contribution < 1.29 is 9.47 Å². The summed E-state index contributed by atoms with van der Waals surface area (Å²) in [5, 5.41) is 0. The van der Waals surface area contributed by atoms with Crippen LogP contribution in [0.3, 0.4) is 0 Å². The van der Waals surface area contributed by atoms with Crippen LogP contribution in [-0.2, 0) is 9.47 Å². The molecule has 0 aliphatic carbocycles. The highest BCUT2D eigenvalue weighted by Crippen LogP contribution is 2.21. The van der Waals surface area contributed by atoms with Crippen LogP contribution in [0.25, 0.3) is 11.1 Å². The Kier molecular flexibility index (Phi) is 11.8. The molecule has 1 aromatic heterocycles. The van der Waals surface area contributed by atoms with Gasteiger partial charge in [0.15, 0.2) is 11.8 Å². The van der Waals surface area contributed by atoms with E-state index in [1.165, 1.54) is 51.4 Å². The first-order valence-electron chi connectivity index (χ1n) is 13.3. The third kappa shape index (κ3) is 9.03. The van der Waals surface area contributed by atoms with Gasteiger partial charge in [-0.1, -0.05) is 77.4 Å². The maximum absolute atomic E-state index is 5.84. The SMILES string of the molecule is CCCCCCCOC1=NCC(c2cnc(C3=CCC(OCCCCCCC)=NC3)cn2)=CC1. The topological polar surface area (TPSA) is 69.0 Å². The van der Waals surface area contributed by atoms with Gasteiger partial charge in [0.05, 0.1) is 50.1 Å². The number of ether oxygens (including phenoxy) is 2. The van der Waals surface area contributed by atoms with Crippen LogP contribution in [0.5, 0.6) is 0 Å². The number of aromatic nitrogens is 2. The second-order valence-electron chi connectivity index (χ2n) is 9.10. The van der Waals surface area contributed by atoms with Gasteiger partial charge in [-0.3, -0.25) is 20.0 Å². The molecular weight excluding hydrogens is 424 g/mol. The zero-order chi connectivity index (χ0) is 23.8. The van der Waals surface area contributed by atoms with E-state index in [9.17, 15) is 0 Å². The van der Waals surface area contributed by atoms with Crippen LogP contribution >= 0.6 is 0 Å². The monoisotopic (exact) mass is 466 g/mol. The average Bonchev–Trinajstić information content (AvgIpc) is 2.89. The fraction of sp³-hybridized carbons (Fsp3) is 0.643. The van der Waals surface area contributed by atoms with Crippen molar-refractivity contribution in [2.75, 3.05) is 26.3 Å². The van der Waals surface area contributed by atoms with Gasteiger partial charge in [-0.15, -0.1) is 0 Å². The number of nitrogens with zero attached hydrogens (tertiary/aromatic N) is 4. The van der Waals surface area contributed by atoms with Crippen LogP contribution < -0.4 is 0 Å². The van der Waals surface area contributed by atoms with Crippen molar-refractivity contribution in [1.82, 2.24) is 9.97 Å². The quantitative estimate of drug-likeness (QED) is 0.282. The highest BCUT2D eigenvalue weighted by molar-refractivity contribution is 5.85. The van der Waals surface area contributed by atoms with Gasteiger partial charge in [-0.2, -0.15) is 0 Å². The molecule has 0 saturated carbocycles. The summed E-state index contributed by atoms with van der Waals surface area (Å²) in [4.78, 5) is 18.5. The van der Waals surface area contributed by atoms with Crippen molar-refractivity contribution >= 4 is 22.9 Å². The van der Waals surface area contributed by atoms with Gasteiger partial charge < -0.3 is 9.47 Å². The van der Waals surface area contributed by atoms with E-state index in [1.807, 2.05) is 12.4 Å². The van der Waals surface area contributed by atoms with Crippen LogP contribution in [0.15, 0.2) is 34.5 Å². The predicted molar refractivity (Wildman–Crippen MR) is 141 cm³/mol. The molecule has 3 rings (SSSR count). The standard InChI is InChI=1S/C28H42N4O2/c1-3-5-7-9-11-17-33-27-15-13-23(19-31-27)25-21-30-26(22-29-25)24-14-16-28(32-20-24)34-18-12-10-8-6-4-2/h13-14,21-22H,3-12,15-20H2,1-2H3. The number of rotatable bonds is 14. The summed E-state index contributed by atoms with van der Waals surface area (Å²) in [5.41, 5.74) is 4.00. The molecule has 34 heavy (non-hydrogen) atoms. The first kappa shape index (κ1) is 26.1. The van der Waals surface area contributed by atoms with E-state index in [-0.39, 0.29) is 0 Å². The molecule has 6 nitrogen and oxygen atoms in total. The summed E-state index contributed by atoms with van der Waals surface area (Å²) in [6, 6.07) is 0. The molecule has 0 atom stereocenters. The van der Waals surface area contributed by atoms with Crippen molar-refractivity contribution in [3.05, 3.63) is 35.9 Å². The first-order valence-corrected chi connectivity index (χ1v) is 13.3. The minimum absolute atomic E-state index is 0.603. The van der Waals surface area contributed by atoms with Crippen molar-refractivity contribution in [3.8, 4) is 0 Å². The molecule has 2 aliphatic rings. The number of unbranched alkanes of at least 4 members (excludes halogenated alkanes) is 8. The lowest BCUT2D eigenvalue weighted by Gasteiger charge is -2.15. The molecule has 6 heteroatoms. The van der Waals surface area contributed by atoms with E-state index < -0.39 is 0 Å². The molecule has 0 bridgehead atoms. The summed E-state index contributed by atoms with van der Waals surface area (Å²) >= 11 is 0. The Labute approximate surface area is 205 Å².